The van der Waals surface area contributed by atoms with E-state index in [1.807, 2.05) is 0 Å². The lowest BCUT2D eigenvalue weighted by Gasteiger charge is -2.47. The average Bonchev–Trinajstić information content (AvgIpc) is 3.36. The van der Waals surface area contributed by atoms with Crippen molar-refractivity contribution in [2.75, 3.05) is 25.0 Å². The molecule has 2 aromatic rings. The quantitative estimate of drug-likeness (QED) is 0.315. The first kappa shape index (κ1) is 33.9. The minimum absolute atomic E-state index is 0.177. The molecule has 0 radical (unpaired) electrons. The van der Waals surface area contributed by atoms with Crippen molar-refractivity contribution < 1.29 is 62.6 Å². The van der Waals surface area contributed by atoms with E-state index in [0.717, 1.165) is 34.1 Å². The van der Waals surface area contributed by atoms with Crippen LogP contribution >= 0.6 is 0 Å². The van der Waals surface area contributed by atoms with Crippen LogP contribution in [0.3, 0.4) is 0 Å². The molecule has 252 valence electrons. The molecule has 5 rings (SSSR count). The van der Waals surface area contributed by atoms with Gasteiger partial charge < -0.3 is 14.9 Å². The number of nitrogens with zero attached hydrogens (tertiary/aromatic N) is 2. The number of aliphatic carboxylic acids is 1. The Morgan fingerprint density at radius 1 is 0.913 bits per heavy atom. The zero-order valence-corrected chi connectivity index (χ0v) is 24.7. The van der Waals surface area contributed by atoms with Crippen LogP contribution in [0, 0.1) is 11.7 Å². The number of carbonyl (C=O) groups is 2. The van der Waals surface area contributed by atoms with Crippen molar-refractivity contribution in [2.24, 2.45) is 5.92 Å². The van der Waals surface area contributed by atoms with Gasteiger partial charge in [0.2, 0.25) is 0 Å². The fraction of sp³-hybridized carbons (Fsp3) is 0.517. The molecule has 1 N–H and O–H groups in total. The van der Waals surface area contributed by atoms with Gasteiger partial charge >= 0.3 is 24.0 Å². The maximum atomic E-state index is 16.2. The van der Waals surface area contributed by atoms with Crippen LogP contribution in [0.15, 0.2) is 47.4 Å². The zero-order chi connectivity index (χ0) is 34.3. The van der Waals surface area contributed by atoms with Crippen molar-refractivity contribution in [2.45, 2.75) is 71.5 Å². The van der Waals surface area contributed by atoms with Gasteiger partial charge in [0, 0.05) is 31.4 Å². The third-order valence-corrected chi connectivity index (χ3v) is 12.1. The lowest BCUT2D eigenvalue weighted by Crippen LogP contribution is -2.60. The summed E-state index contributed by atoms with van der Waals surface area (Å²) in [6.07, 6.45) is -14.7. The normalized spacial score (nSPS) is 27.3. The molecule has 2 aromatic carbocycles. The number of hydrogen-bond donors (Lipinski definition) is 1. The van der Waals surface area contributed by atoms with Gasteiger partial charge in [-0.2, -0.15) is 26.3 Å². The maximum absolute atomic E-state index is 16.2. The van der Waals surface area contributed by atoms with Crippen molar-refractivity contribution in [3.63, 3.8) is 0 Å². The molecule has 0 aromatic heterocycles. The van der Waals surface area contributed by atoms with Crippen LogP contribution < -0.4 is 4.90 Å². The second kappa shape index (κ2) is 10.8. The highest BCUT2D eigenvalue weighted by Crippen LogP contribution is 2.58. The van der Waals surface area contributed by atoms with Crippen LogP contribution in [-0.2, 0) is 29.8 Å². The number of likely N-dealkylation sites (tertiary alicyclic amines) is 1. The highest BCUT2D eigenvalue weighted by atomic mass is 32.2. The Morgan fingerprint density at radius 2 is 1.48 bits per heavy atom. The summed E-state index contributed by atoms with van der Waals surface area (Å²) in [4.78, 5) is 26.7. The summed E-state index contributed by atoms with van der Waals surface area (Å²) in [6, 6.07) is 3.07. The van der Waals surface area contributed by atoms with Crippen molar-refractivity contribution in [3.05, 3.63) is 59.4 Å². The van der Waals surface area contributed by atoms with Crippen LogP contribution in [0.2, 0.25) is 0 Å². The fourth-order valence-corrected chi connectivity index (χ4v) is 9.30. The van der Waals surface area contributed by atoms with E-state index in [-0.39, 0.29) is 30.5 Å². The molecular weight excluding hydrogens is 659 g/mol. The Balaban J connectivity index is 1.68. The Kier molecular flexibility index (Phi) is 7.93. The van der Waals surface area contributed by atoms with E-state index < -0.39 is 116 Å². The summed E-state index contributed by atoms with van der Waals surface area (Å²) in [5.41, 5.74) is -11.1. The lowest BCUT2D eigenvalue weighted by atomic mass is 9.78. The van der Waals surface area contributed by atoms with Crippen LogP contribution in [0.25, 0.3) is 0 Å². The minimum atomic E-state index is -6.45. The topological polar surface area (TPSA) is 95.0 Å². The number of hydrogen-bond acceptors (Lipinski definition) is 5. The predicted octanol–water partition coefficient (Wildman–Crippen LogP) is 5.82. The van der Waals surface area contributed by atoms with Gasteiger partial charge in [-0.1, -0.05) is 12.1 Å². The summed E-state index contributed by atoms with van der Waals surface area (Å²) in [6.45, 7) is -0.946. The Bertz CT molecular complexity index is 1640. The molecule has 2 heterocycles. The summed E-state index contributed by atoms with van der Waals surface area (Å²) >= 11 is 0. The molecule has 2 fully saturated rings. The van der Waals surface area contributed by atoms with Crippen LogP contribution in [-0.4, -0.2) is 74.5 Å². The molecule has 1 aliphatic carbocycles. The predicted molar refractivity (Wildman–Crippen MR) is 143 cm³/mol. The first-order valence-electron chi connectivity index (χ1n) is 14.0. The fourth-order valence-electron chi connectivity index (χ4n) is 7.01. The van der Waals surface area contributed by atoms with Crippen LogP contribution in [0.5, 0.6) is 0 Å². The van der Waals surface area contributed by atoms with Gasteiger partial charge in [0.25, 0.3) is 5.91 Å². The van der Waals surface area contributed by atoms with E-state index in [1.165, 1.54) is 7.05 Å². The monoisotopic (exact) mass is 686 g/mol. The molecule has 2 atom stereocenters. The maximum Gasteiger partial charge on any atom is 0.435 e. The summed E-state index contributed by atoms with van der Waals surface area (Å²) in [5.74, 6) is -4.02. The lowest BCUT2D eigenvalue weighted by molar-refractivity contribution is -0.348. The van der Waals surface area contributed by atoms with Crippen molar-refractivity contribution in [1.29, 1.82) is 0 Å². The standard InChI is InChI=1S/C29H27F9N2O5S/c1-39-15-22-26(46(44,45)19-5-3-18(30)4-6-19,12-13-40(22)24(43)25(31)10-8-16(9-11-25)23(41)42)20-7-2-17(14-21(20)39)27(32,28(33,34)35)29(36,37)38/h2-7,14,16,22H,8-13,15H2,1H3,(H,41,42)/t16-,22?,25+,26?. The first-order valence-corrected chi connectivity index (χ1v) is 15.5. The van der Waals surface area contributed by atoms with Gasteiger partial charge in [0.1, 0.15) is 10.6 Å². The molecule has 2 unspecified atom stereocenters. The summed E-state index contributed by atoms with van der Waals surface area (Å²) < 4.78 is 153. The Morgan fingerprint density at radius 3 is 2.00 bits per heavy atom. The number of anilines is 1. The third kappa shape index (κ3) is 4.82. The summed E-state index contributed by atoms with van der Waals surface area (Å²) in [7, 11) is -3.60. The van der Waals surface area contributed by atoms with E-state index in [2.05, 4.69) is 0 Å². The second-order valence-corrected chi connectivity index (χ2v) is 14.2. The molecule has 2 aliphatic heterocycles. The van der Waals surface area contributed by atoms with E-state index in [0.29, 0.717) is 6.07 Å². The van der Waals surface area contributed by atoms with Crippen LogP contribution in [0.1, 0.15) is 43.2 Å². The van der Waals surface area contributed by atoms with Gasteiger partial charge in [0.15, 0.2) is 15.5 Å². The minimum Gasteiger partial charge on any atom is -0.481 e. The van der Waals surface area contributed by atoms with Gasteiger partial charge in [-0.25, -0.2) is 21.6 Å². The van der Waals surface area contributed by atoms with Crippen molar-refractivity contribution >= 4 is 27.4 Å². The third-order valence-electron chi connectivity index (χ3n) is 9.50. The number of carboxylic acids is 1. The molecule has 0 bridgehead atoms. The van der Waals surface area contributed by atoms with E-state index in [9.17, 15) is 53.8 Å². The molecule has 17 heteroatoms. The molecule has 46 heavy (non-hydrogen) atoms. The number of sulfone groups is 1. The molecule has 7 nitrogen and oxygen atoms in total. The number of carbonyl (C=O) groups excluding carboxylic acids is 1. The van der Waals surface area contributed by atoms with Gasteiger partial charge in [-0.05, 0) is 68.0 Å². The Hall–Kier alpha value is -3.50. The molecular formula is C29H27F9N2O5S. The van der Waals surface area contributed by atoms with Gasteiger partial charge in [-0.15, -0.1) is 0 Å². The SMILES string of the molecule is CN1CC2N(C(=O)[C@]3(F)CC[C@@H](C(=O)O)CC3)CCC2(S(=O)(=O)c2ccc(F)cc2)c2ccc(C(F)(C(F)(F)F)C(F)(F)F)cc21. The number of amides is 1. The van der Waals surface area contributed by atoms with E-state index in [1.54, 1.807) is 0 Å². The van der Waals surface area contributed by atoms with Crippen molar-refractivity contribution in [1.82, 2.24) is 4.90 Å². The highest BCUT2D eigenvalue weighted by molar-refractivity contribution is 7.92. The van der Waals surface area contributed by atoms with E-state index >= 15 is 8.78 Å². The molecule has 1 amide bonds. The molecule has 1 saturated heterocycles. The number of fused-ring (bicyclic) bond motifs is 3. The zero-order valence-electron chi connectivity index (χ0n) is 23.9. The van der Waals surface area contributed by atoms with Crippen molar-refractivity contribution in [3.8, 4) is 0 Å². The molecule has 0 spiro atoms. The van der Waals surface area contributed by atoms with Crippen LogP contribution in [0.4, 0.5) is 45.2 Å². The number of carboxylic acid groups (broad SMARTS) is 1. The number of rotatable bonds is 5. The number of benzene rings is 2. The average molecular weight is 687 g/mol. The molecule has 1 saturated carbocycles. The smallest absolute Gasteiger partial charge is 0.435 e. The molecule has 3 aliphatic rings. The van der Waals surface area contributed by atoms with E-state index in [4.69, 9.17) is 0 Å². The number of halogens is 9. The van der Waals surface area contributed by atoms with Gasteiger partial charge in [0.05, 0.1) is 16.9 Å². The Labute approximate surface area is 256 Å². The second-order valence-electron chi connectivity index (χ2n) is 12.0. The highest BCUT2D eigenvalue weighted by Gasteiger charge is 2.74. The summed E-state index contributed by atoms with van der Waals surface area (Å²) in [5, 5.41) is 9.28. The first-order chi connectivity index (χ1) is 21.1. The number of alkyl halides is 8. The largest absolute Gasteiger partial charge is 0.481 e. The number of likely N-dealkylation sites (N-methyl/N-ethyl adjacent to an activating group) is 1. The van der Waals surface area contributed by atoms with Gasteiger partial charge in [-0.3, -0.25) is 9.59 Å².